The maximum absolute atomic E-state index is 11.4. The lowest BCUT2D eigenvalue weighted by Gasteiger charge is -2.09. The van der Waals surface area contributed by atoms with Crippen LogP contribution in [0.2, 0.25) is 0 Å². The molecule has 0 saturated carbocycles. The summed E-state index contributed by atoms with van der Waals surface area (Å²) in [5.74, 6) is 0.152. The molecule has 0 spiro atoms. The Bertz CT molecular complexity index is 274. The third-order valence-electron chi connectivity index (χ3n) is 1.90. The van der Waals surface area contributed by atoms with Crippen LogP contribution < -0.4 is 5.32 Å². The number of rotatable bonds is 5. The van der Waals surface area contributed by atoms with Crippen LogP contribution in [0.5, 0.6) is 0 Å². The number of nitrogens with zero attached hydrogens (tertiary/aromatic N) is 1. The summed E-state index contributed by atoms with van der Waals surface area (Å²) in [6, 6.07) is 0. The molecule has 5 heteroatoms. The highest BCUT2D eigenvalue weighted by Crippen LogP contribution is 2.02. The first-order valence-corrected chi connectivity index (χ1v) is 5.45. The van der Waals surface area contributed by atoms with E-state index in [0.29, 0.717) is 24.6 Å². The summed E-state index contributed by atoms with van der Waals surface area (Å²) < 4.78 is 0. The van der Waals surface area contributed by atoms with Gasteiger partial charge >= 0.3 is 0 Å². The number of nitrogens with one attached hydrogen (secondary N) is 1. The number of hydrogen-bond donors (Lipinski definition) is 2. The third kappa shape index (κ3) is 3.43. The molecule has 1 rings (SSSR count). The van der Waals surface area contributed by atoms with Crippen LogP contribution in [0.25, 0.3) is 0 Å². The van der Waals surface area contributed by atoms with Gasteiger partial charge in [-0.2, -0.15) is 0 Å². The lowest BCUT2D eigenvalue weighted by molar-refractivity contribution is 0.0941. The summed E-state index contributed by atoms with van der Waals surface area (Å²) in [5, 5.41) is 13.1. The van der Waals surface area contributed by atoms with Gasteiger partial charge < -0.3 is 10.4 Å². The average molecular weight is 214 g/mol. The van der Waals surface area contributed by atoms with Gasteiger partial charge in [0.2, 0.25) is 0 Å². The van der Waals surface area contributed by atoms with Gasteiger partial charge in [0.25, 0.3) is 5.91 Å². The Kier molecular flexibility index (Phi) is 4.55. The lowest BCUT2D eigenvalue weighted by Crippen LogP contribution is -2.28. The van der Waals surface area contributed by atoms with Crippen molar-refractivity contribution in [3.8, 4) is 0 Å². The normalized spacial score (nSPS) is 12.4. The molecular formula is C9H14N2O2S. The van der Waals surface area contributed by atoms with Crippen LogP contribution in [-0.2, 0) is 0 Å². The minimum atomic E-state index is -0.143. The highest BCUT2D eigenvalue weighted by Gasteiger charge is 2.08. The van der Waals surface area contributed by atoms with Crippen molar-refractivity contribution >= 4 is 17.2 Å². The molecule has 1 aromatic rings. The third-order valence-corrected chi connectivity index (χ3v) is 2.48. The van der Waals surface area contributed by atoms with Crippen molar-refractivity contribution in [1.29, 1.82) is 0 Å². The summed E-state index contributed by atoms with van der Waals surface area (Å²) in [6.07, 6.45) is 0.706. The Hall–Kier alpha value is -0.940. The van der Waals surface area contributed by atoms with Crippen LogP contribution in [-0.4, -0.2) is 29.1 Å². The molecule has 0 aromatic carbocycles. The van der Waals surface area contributed by atoms with E-state index >= 15 is 0 Å². The largest absolute Gasteiger partial charge is 0.396 e. The van der Waals surface area contributed by atoms with E-state index in [9.17, 15) is 4.79 Å². The van der Waals surface area contributed by atoms with E-state index in [0.717, 1.165) is 0 Å². The molecule has 2 N–H and O–H groups in total. The summed E-state index contributed by atoms with van der Waals surface area (Å²) >= 11 is 1.40. The Morgan fingerprint density at radius 1 is 1.79 bits per heavy atom. The number of hydrogen-bond acceptors (Lipinski definition) is 4. The molecule has 0 aliphatic carbocycles. The van der Waals surface area contributed by atoms with E-state index < -0.39 is 0 Å². The second-order valence-electron chi connectivity index (χ2n) is 3.20. The number of thiazole rings is 1. The fourth-order valence-electron chi connectivity index (χ4n) is 1.00. The highest BCUT2D eigenvalue weighted by atomic mass is 32.1. The molecule has 78 valence electrons. The van der Waals surface area contributed by atoms with Gasteiger partial charge in [-0.15, -0.1) is 11.3 Å². The maximum Gasteiger partial charge on any atom is 0.270 e. The quantitative estimate of drug-likeness (QED) is 0.765. The first-order chi connectivity index (χ1) is 6.74. The zero-order valence-electron chi connectivity index (χ0n) is 8.06. The number of carbonyl (C=O) groups excluding carboxylic acids is 1. The van der Waals surface area contributed by atoms with Gasteiger partial charge in [0.1, 0.15) is 5.69 Å². The molecular weight excluding hydrogens is 200 g/mol. The standard InChI is InChI=1S/C9H14N2O2S/c1-7(2-3-12)4-10-9(13)8-5-14-6-11-8/h5-7,12H,2-4H2,1H3,(H,10,13). The van der Waals surface area contributed by atoms with Gasteiger partial charge in [-0.3, -0.25) is 4.79 Å². The summed E-state index contributed by atoms with van der Waals surface area (Å²) in [7, 11) is 0. The van der Waals surface area contributed by atoms with Crippen LogP contribution in [0.15, 0.2) is 10.9 Å². The Morgan fingerprint density at radius 3 is 3.14 bits per heavy atom. The van der Waals surface area contributed by atoms with Gasteiger partial charge in [0, 0.05) is 18.5 Å². The molecule has 0 saturated heterocycles. The molecule has 0 radical (unpaired) electrons. The van der Waals surface area contributed by atoms with Crippen LogP contribution in [0.3, 0.4) is 0 Å². The first kappa shape index (κ1) is 11.1. The number of carbonyl (C=O) groups is 1. The van der Waals surface area contributed by atoms with Crippen molar-refractivity contribution in [2.45, 2.75) is 13.3 Å². The fourth-order valence-corrected chi connectivity index (χ4v) is 1.54. The second kappa shape index (κ2) is 5.72. The van der Waals surface area contributed by atoms with Crippen LogP contribution in [0.4, 0.5) is 0 Å². The van der Waals surface area contributed by atoms with E-state index in [2.05, 4.69) is 10.3 Å². The molecule has 0 fully saturated rings. The number of amides is 1. The summed E-state index contributed by atoms with van der Waals surface area (Å²) in [6.45, 7) is 2.72. The van der Waals surface area contributed by atoms with Gasteiger partial charge in [0.15, 0.2) is 0 Å². The number of aliphatic hydroxyl groups is 1. The van der Waals surface area contributed by atoms with Crippen molar-refractivity contribution < 1.29 is 9.90 Å². The minimum Gasteiger partial charge on any atom is -0.396 e. The second-order valence-corrected chi connectivity index (χ2v) is 3.92. The molecule has 0 bridgehead atoms. The van der Waals surface area contributed by atoms with Crippen LogP contribution in [0, 0.1) is 5.92 Å². The minimum absolute atomic E-state index is 0.143. The lowest BCUT2D eigenvalue weighted by atomic mass is 10.1. The van der Waals surface area contributed by atoms with Gasteiger partial charge in [-0.05, 0) is 12.3 Å². The van der Waals surface area contributed by atoms with E-state index in [1.807, 2.05) is 6.92 Å². The van der Waals surface area contributed by atoms with Crippen molar-refractivity contribution in [3.63, 3.8) is 0 Å². The predicted octanol–water partition coefficient (Wildman–Crippen LogP) is 0.891. The zero-order chi connectivity index (χ0) is 10.4. The summed E-state index contributed by atoms with van der Waals surface area (Å²) in [4.78, 5) is 15.3. The Labute approximate surface area is 87.0 Å². The SMILES string of the molecule is CC(CCO)CNC(=O)c1cscn1. The van der Waals surface area contributed by atoms with E-state index in [1.165, 1.54) is 11.3 Å². The van der Waals surface area contributed by atoms with Crippen molar-refractivity contribution in [2.24, 2.45) is 5.92 Å². The summed E-state index contributed by atoms with van der Waals surface area (Å²) in [5.41, 5.74) is 2.10. The molecule has 1 atom stereocenters. The van der Waals surface area contributed by atoms with Gasteiger partial charge in [0.05, 0.1) is 5.51 Å². The molecule has 0 aliphatic heterocycles. The number of aromatic nitrogens is 1. The van der Waals surface area contributed by atoms with Crippen LogP contribution >= 0.6 is 11.3 Å². The molecule has 1 heterocycles. The Morgan fingerprint density at radius 2 is 2.57 bits per heavy atom. The fraction of sp³-hybridized carbons (Fsp3) is 0.556. The Balaban J connectivity index is 2.28. The highest BCUT2D eigenvalue weighted by molar-refractivity contribution is 7.07. The molecule has 1 amide bonds. The zero-order valence-corrected chi connectivity index (χ0v) is 8.88. The smallest absolute Gasteiger partial charge is 0.270 e. The van der Waals surface area contributed by atoms with Gasteiger partial charge in [-0.1, -0.05) is 6.92 Å². The molecule has 1 unspecified atom stereocenters. The van der Waals surface area contributed by atoms with Crippen molar-refractivity contribution in [1.82, 2.24) is 10.3 Å². The predicted molar refractivity (Wildman–Crippen MR) is 55.3 cm³/mol. The van der Waals surface area contributed by atoms with Gasteiger partial charge in [-0.25, -0.2) is 4.98 Å². The number of aliphatic hydroxyl groups excluding tert-OH is 1. The van der Waals surface area contributed by atoms with E-state index in [4.69, 9.17) is 5.11 Å². The topological polar surface area (TPSA) is 62.2 Å². The molecule has 4 nitrogen and oxygen atoms in total. The average Bonchev–Trinajstić information content (AvgIpc) is 2.67. The van der Waals surface area contributed by atoms with E-state index in [1.54, 1.807) is 10.9 Å². The maximum atomic E-state index is 11.4. The molecule has 0 aliphatic rings. The monoisotopic (exact) mass is 214 g/mol. The molecule has 1 aromatic heterocycles. The van der Waals surface area contributed by atoms with Crippen molar-refractivity contribution in [2.75, 3.05) is 13.2 Å². The van der Waals surface area contributed by atoms with Crippen molar-refractivity contribution in [3.05, 3.63) is 16.6 Å². The first-order valence-electron chi connectivity index (χ1n) is 4.51. The molecule has 14 heavy (non-hydrogen) atoms. The van der Waals surface area contributed by atoms with Crippen LogP contribution in [0.1, 0.15) is 23.8 Å². The van der Waals surface area contributed by atoms with E-state index in [-0.39, 0.29) is 12.5 Å².